The number of likely N-dealkylation sites (N-methyl/N-ethyl adjacent to an activating group) is 1. The smallest absolute Gasteiger partial charge is 0.306 e. The number of carboxylic acids is 1. The van der Waals surface area contributed by atoms with Gasteiger partial charge in [-0.05, 0) is 64.1 Å². The molecule has 4 rings (SSSR count). The number of aromatic nitrogens is 1. The Labute approximate surface area is 293 Å². The van der Waals surface area contributed by atoms with E-state index in [2.05, 4.69) is 20.9 Å². The van der Waals surface area contributed by atoms with Gasteiger partial charge in [0.1, 0.15) is 16.7 Å². The summed E-state index contributed by atoms with van der Waals surface area (Å²) < 4.78 is 0. The molecular formula is C36H52N6O6S. The van der Waals surface area contributed by atoms with Gasteiger partial charge in [-0.3, -0.25) is 28.9 Å². The lowest BCUT2D eigenvalue weighted by molar-refractivity contribution is -0.141. The first kappa shape index (κ1) is 38.0. The first-order chi connectivity index (χ1) is 23.3. The number of aliphatic carboxylic acids is 1. The maximum atomic E-state index is 13.8. The van der Waals surface area contributed by atoms with Gasteiger partial charge in [0.25, 0.3) is 5.91 Å². The van der Waals surface area contributed by atoms with Crippen molar-refractivity contribution in [2.24, 2.45) is 11.8 Å². The molecule has 13 heteroatoms. The quantitative estimate of drug-likeness (QED) is 0.232. The maximum Gasteiger partial charge on any atom is 0.306 e. The van der Waals surface area contributed by atoms with Crippen LogP contribution in [0.15, 0.2) is 35.7 Å². The van der Waals surface area contributed by atoms with Gasteiger partial charge in [-0.25, -0.2) is 4.98 Å². The molecule has 0 aliphatic carbocycles. The molecule has 0 bridgehead atoms. The van der Waals surface area contributed by atoms with Crippen LogP contribution in [0.4, 0.5) is 0 Å². The maximum absolute atomic E-state index is 13.8. The number of nitrogens with one attached hydrogen (secondary N) is 3. The SMILES string of the molecule is CCC(C)C(NC(=O)C1CCCCN1C)C(=O)NC1CC(c2nc(C(=O)NC(Cc3ccccc3)CC(C)C(=O)O)cs2)N(C(C)=O)C1C. The fraction of sp³-hybridized carbons (Fsp3) is 0.611. The minimum Gasteiger partial charge on any atom is -0.481 e. The van der Waals surface area contributed by atoms with E-state index in [9.17, 15) is 29.1 Å². The Bertz CT molecular complexity index is 1470. The largest absolute Gasteiger partial charge is 0.481 e. The predicted octanol–water partition coefficient (Wildman–Crippen LogP) is 3.78. The van der Waals surface area contributed by atoms with Gasteiger partial charge in [0, 0.05) is 24.4 Å². The zero-order valence-corrected chi connectivity index (χ0v) is 30.3. The van der Waals surface area contributed by atoms with Gasteiger partial charge < -0.3 is 26.0 Å². The summed E-state index contributed by atoms with van der Waals surface area (Å²) in [5, 5.41) is 20.9. The van der Waals surface area contributed by atoms with Crippen LogP contribution in [0, 0.1) is 11.8 Å². The van der Waals surface area contributed by atoms with Crippen LogP contribution in [0.2, 0.25) is 0 Å². The normalized spacial score (nSPS) is 23.6. The fourth-order valence-electron chi connectivity index (χ4n) is 6.99. The van der Waals surface area contributed by atoms with Crippen molar-refractivity contribution < 1.29 is 29.1 Å². The van der Waals surface area contributed by atoms with Gasteiger partial charge in [-0.1, -0.05) is 63.9 Å². The molecule has 3 heterocycles. The first-order valence-corrected chi connectivity index (χ1v) is 18.3. The molecule has 49 heavy (non-hydrogen) atoms. The number of hydrogen-bond donors (Lipinski definition) is 4. The molecule has 12 nitrogen and oxygen atoms in total. The van der Waals surface area contributed by atoms with Crippen LogP contribution in [0.3, 0.4) is 0 Å². The minimum atomic E-state index is -0.931. The summed E-state index contributed by atoms with van der Waals surface area (Å²) in [4.78, 5) is 73.4. The van der Waals surface area contributed by atoms with Crippen molar-refractivity contribution in [3.05, 3.63) is 52.0 Å². The number of benzene rings is 1. The molecule has 1 aromatic carbocycles. The van der Waals surface area contributed by atoms with Gasteiger partial charge in [-0.15, -0.1) is 11.3 Å². The highest BCUT2D eigenvalue weighted by molar-refractivity contribution is 7.09. The van der Waals surface area contributed by atoms with E-state index in [1.54, 1.807) is 17.2 Å². The predicted molar refractivity (Wildman–Crippen MR) is 188 cm³/mol. The molecule has 4 amide bonds. The second-order valence-electron chi connectivity index (χ2n) is 13.8. The summed E-state index contributed by atoms with van der Waals surface area (Å²) in [5.74, 6) is -2.69. The fourth-order valence-corrected chi connectivity index (χ4v) is 7.90. The summed E-state index contributed by atoms with van der Waals surface area (Å²) in [6, 6.07) is 6.97. The third-order valence-corrected chi connectivity index (χ3v) is 11.1. The summed E-state index contributed by atoms with van der Waals surface area (Å²) >= 11 is 1.27. The van der Waals surface area contributed by atoms with E-state index < -0.39 is 42.0 Å². The van der Waals surface area contributed by atoms with Crippen LogP contribution in [-0.4, -0.2) is 93.3 Å². The van der Waals surface area contributed by atoms with E-state index in [1.807, 2.05) is 63.1 Å². The Balaban J connectivity index is 1.47. The van der Waals surface area contributed by atoms with Crippen LogP contribution in [0.1, 0.15) is 100 Å². The van der Waals surface area contributed by atoms with Crippen LogP contribution < -0.4 is 16.0 Å². The van der Waals surface area contributed by atoms with Crippen molar-refractivity contribution in [3.8, 4) is 0 Å². The molecule has 4 N–H and O–H groups in total. The van der Waals surface area contributed by atoms with Crippen molar-refractivity contribution in [2.75, 3.05) is 13.6 Å². The standard InChI is InChI=1S/C36H52N6O6S/c1-7-21(2)31(40-33(45)29-15-11-12-16-41(29)6)34(46)38-27-19-30(42(23(27)4)24(5)43)35-39-28(20-49-35)32(44)37-26(17-22(3)36(47)48)18-25-13-9-8-10-14-25/h8-10,13-14,20-23,26-27,29-31H,7,11-12,15-19H2,1-6H3,(H,37,44)(H,38,46)(H,40,45)(H,47,48). The number of amides is 4. The lowest BCUT2D eigenvalue weighted by Crippen LogP contribution is -2.58. The molecule has 8 atom stereocenters. The minimum absolute atomic E-state index is 0.0986. The topological polar surface area (TPSA) is 161 Å². The van der Waals surface area contributed by atoms with Gasteiger partial charge >= 0.3 is 5.97 Å². The van der Waals surface area contributed by atoms with Crippen molar-refractivity contribution in [1.29, 1.82) is 0 Å². The third kappa shape index (κ3) is 9.66. The second-order valence-corrected chi connectivity index (χ2v) is 14.7. The van der Waals surface area contributed by atoms with E-state index in [0.717, 1.165) is 31.4 Å². The molecule has 268 valence electrons. The Hall–Kier alpha value is -3.84. The first-order valence-electron chi connectivity index (χ1n) is 17.4. The molecule has 8 unspecified atom stereocenters. The summed E-state index contributed by atoms with van der Waals surface area (Å²) in [7, 11) is 1.94. The highest BCUT2D eigenvalue weighted by Gasteiger charge is 2.44. The van der Waals surface area contributed by atoms with E-state index in [4.69, 9.17) is 0 Å². The van der Waals surface area contributed by atoms with Crippen LogP contribution in [-0.2, 0) is 25.6 Å². The van der Waals surface area contributed by atoms with E-state index in [1.165, 1.54) is 18.3 Å². The van der Waals surface area contributed by atoms with Crippen molar-refractivity contribution in [1.82, 2.24) is 30.7 Å². The van der Waals surface area contributed by atoms with Crippen molar-refractivity contribution >= 4 is 40.9 Å². The third-order valence-electron chi connectivity index (χ3n) is 10.2. The average Bonchev–Trinajstić information content (AvgIpc) is 3.68. The molecule has 2 aliphatic rings. The number of thiazole rings is 1. The monoisotopic (exact) mass is 696 g/mol. The molecular weight excluding hydrogens is 644 g/mol. The van der Waals surface area contributed by atoms with Gasteiger partial charge in [0.05, 0.1) is 24.0 Å². The van der Waals surface area contributed by atoms with Gasteiger partial charge in [-0.2, -0.15) is 0 Å². The Morgan fingerprint density at radius 2 is 1.80 bits per heavy atom. The molecule has 0 radical (unpaired) electrons. The van der Waals surface area contributed by atoms with Gasteiger partial charge in [0.2, 0.25) is 17.7 Å². The lowest BCUT2D eigenvalue weighted by Gasteiger charge is -2.34. The molecule has 2 fully saturated rings. The van der Waals surface area contributed by atoms with E-state index in [0.29, 0.717) is 24.3 Å². The number of rotatable bonds is 14. The number of carbonyl (C=O) groups is 5. The van der Waals surface area contributed by atoms with Crippen LogP contribution in [0.25, 0.3) is 0 Å². The molecule has 2 aromatic rings. The number of likely N-dealkylation sites (tertiary alicyclic amines) is 2. The molecule has 2 saturated heterocycles. The van der Waals surface area contributed by atoms with E-state index >= 15 is 0 Å². The highest BCUT2D eigenvalue weighted by atomic mass is 32.1. The Morgan fingerprint density at radius 3 is 2.43 bits per heavy atom. The highest BCUT2D eigenvalue weighted by Crippen LogP contribution is 2.38. The van der Waals surface area contributed by atoms with Crippen molar-refractivity contribution in [3.63, 3.8) is 0 Å². The lowest BCUT2D eigenvalue weighted by atomic mass is 9.95. The zero-order chi connectivity index (χ0) is 35.8. The second kappa shape index (κ2) is 17.2. The number of carbonyl (C=O) groups excluding carboxylic acids is 4. The van der Waals surface area contributed by atoms with E-state index in [-0.39, 0.29) is 47.8 Å². The number of piperidine rings is 1. The summed E-state index contributed by atoms with van der Waals surface area (Å²) in [6.45, 7) is 9.77. The summed E-state index contributed by atoms with van der Waals surface area (Å²) in [5.41, 5.74) is 1.17. The number of carboxylic acid groups (broad SMARTS) is 1. The van der Waals surface area contributed by atoms with Crippen LogP contribution >= 0.6 is 11.3 Å². The molecule has 0 spiro atoms. The van der Waals surface area contributed by atoms with Crippen molar-refractivity contribution in [2.45, 2.75) is 116 Å². The molecule has 2 aliphatic heterocycles. The summed E-state index contributed by atoms with van der Waals surface area (Å²) in [6.07, 6.45) is 4.61. The zero-order valence-electron chi connectivity index (χ0n) is 29.5. The average molecular weight is 697 g/mol. The number of hydrogen-bond acceptors (Lipinski definition) is 8. The Morgan fingerprint density at radius 1 is 1.08 bits per heavy atom. The Kier molecular flexibility index (Phi) is 13.3. The van der Waals surface area contributed by atoms with Gasteiger partial charge in [0.15, 0.2) is 0 Å². The molecule has 1 aromatic heterocycles. The molecule has 0 saturated carbocycles. The number of nitrogens with zero attached hydrogens (tertiary/aromatic N) is 3. The van der Waals surface area contributed by atoms with Crippen LogP contribution in [0.5, 0.6) is 0 Å².